The predicted molar refractivity (Wildman–Crippen MR) is 73.6 cm³/mol. The second-order valence-electron chi connectivity index (χ2n) is 4.21. The fraction of sp³-hybridized carbons (Fsp3) is 0.333. The Hall–Kier alpha value is -1.27. The number of carbonyl (C=O) groups is 2. The van der Waals surface area contributed by atoms with Gasteiger partial charge in [0.25, 0.3) is 0 Å². The molecule has 0 aromatic heterocycles. The number of urea groups is 1. The normalized spacial score (nSPS) is 12.3. The van der Waals surface area contributed by atoms with E-state index in [4.69, 9.17) is 17.3 Å². The van der Waals surface area contributed by atoms with Crippen LogP contribution in [0.3, 0.4) is 0 Å². The second-order valence-corrected chi connectivity index (χ2v) is 5.83. The van der Waals surface area contributed by atoms with Gasteiger partial charge in [-0.2, -0.15) is 0 Å². The van der Waals surface area contributed by atoms with Gasteiger partial charge in [-0.25, -0.2) is 9.18 Å². The van der Waals surface area contributed by atoms with Gasteiger partial charge in [-0.1, -0.05) is 25.4 Å². The molecule has 0 heterocycles. The van der Waals surface area contributed by atoms with Gasteiger partial charge < -0.3 is 5.73 Å². The molecule has 1 aromatic carbocycles. The SMILES string of the molecule is CC(C)C(Sc1ccc(F)c(Cl)c1)C(=O)NC(N)=O. The summed E-state index contributed by atoms with van der Waals surface area (Å²) in [5.74, 6) is -1.03. The van der Waals surface area contributed by atoms with Gasteiger partial charge in [-0.05, 0) is 24.1 Å². The molecule has 1 unspecified atom stereocenters. The van der Waals surface area contributed by atoms with Crippen molar-refractivity contribution in [2.24, 2.45) is 11.7 Å². The largest absolute Gasteiger partial charge is 0.351 e. The van der Waals surface area contributed by atoms with Crippen LogP contribution in [0, 0.1) is 11.7 Å². The number of imide groups is 1. The lowest BCUT2D eigenvalue weighted by Crippen LogP contribution is -2.42. The fourth-order valence-corrected chi connectivity index (χ4v) is 2.69. The molecule has 0 saturated carbocycles. The molecule has 1 aromatic rings. The van der Waals surface area contributed by atoms with Crippen molar-refractivity contribution in [1.29, 1.82) is 0 Å². The van der Waals surface area contributed by atoms with Crippen LogP contribution < -0.4 is 11.1 Å². The predicted octanol–water partition coefficient (Wildman–Crippen LogP) is 2.79. The quantitative estimate of drug-likeness (QED) is 0.840. The molecule has 3 amide bonds. The van der Waals surface area contributed by atoms with Crippen LogP contribution in [0.4, 0.5) is 9.18 Å². The highest BCUT2D eigenvalue weighted by Gasteiger charge is 2.24. The molecule has 19 heavy (non-hydrogen) atoms. The minimum Gasteiger partial charge on any atom is -0.351 e. The minimum atomic E-state index is -0.895. The number of carbonyl (C=O) groups excluding carboxylic acids is 2. The summed E-state index contributed by atoms with van der Waals surface area (Å²) in [7, 11) is 0. The van der Waals surface area contributed by atoms with E-state index in [0.29, 0.717) is 4.90 Å². The molecule has 0 radical (unpaired) electrons. The average Bonchev–Trinajstić information content (AvgIpc) is 2.29. The van der Waals surface area contributed by atoms with Crippen LogP contribution in [-0.2, 0) is 4.79 Å². The lowest BCUT2D eigenvalue weighted by atomic mass is 10.1. The number of nitrogens with two attached hydrogens (primary N) is 1. The number of benzene rings is 1. The maximum Gasteiger partial charge on any atom is 0.318 e. The molecule has 3 N–H and O–H groups in total. The van der Waals surface area contributed by atoms with E-state index in [1.807, 2.05) is 19.2 Å². The summed E-state index contributed by atoms with van der Waals surface area (Å²) in [6.07, 6.45) is 0. The van der Waals surface area contributed by atoms with E-state index >= 15 is 0 Å². The lowest BCUT2D eigenvalue weighted by molar-refractivity contribution is -0.120. The number of hydrogen-bond acceptors (Lipinski definition) is 3. The first kappa shape index (κ1) is 15.8. The third-order valence-corrected chi connectivity index (χ3v) is 4.09. The first-order valence-corrected chi connectivity index (χ1v) is 6.79. The zero-order chi connectivity index (χ0) is 14.6. The number of halogens is 2. The Bertz CT molecular complexity index is 497. The highest BCUT2D eigenvalue weighted by atomic mass is 35.5. The third kappa shape index (κ3) is 4.72. The van der Waals surface area contributed by atoms with Crippen LogP contribution in [0.1, 0.15) is 13.8 Å². The summed E-state index contributed by atoms with van der Waals surface area (Å²) in [6.45, 7) is 3.67. The Labute approximate surface area is 119 Å². The first-order valence-electron chi connectivity index (χ1n) is 5.53. The maximum absolute atomic E-state index is 13.0. The van der Waals surface area contributed by atoms with Crippen molar-refractivity contribution in [3.63, 3.8) is 0 Å². The van der Waals surface area contributed by atoms with Crippen molar-refractivity contribution in [2.75, 3.05) is 0 Å². The van der Waals surface area contributed by atoms with E-state index < -0.39 is 23.0 Å². The fourth-order valence-electron chi connectivity index (χ4n) is 1.38. The number of primary amides is 1. The molecular formula is C12H14ClFN2O2S. The summed E-state index contributed by atoms with van der Waals surface area (Å²) >= 11 is 6.88. The Morgan fingerprint density at radius 3 is 2.53 bits per heavy atom. The van der Waals surface area contributed by atoms with Crippen molar-refractivity contribution in [3.05, 3.63) is 29.0 Å². The number of thioether (sulfide) groups is 1. The van der Waals surface area contributed by atoms with Gasteiger partial charge in [0.05, 0.1) is 10.3 Å². The molecule has 0 aliphatic rings. The Balaban J connectivity index is 2.86. The van der Waals surface area contributed by atoms with Crippen molar-refractivity contribution >= 4 is 35.3 Å². The molecule has 7 heteroatoms. The van der Waals surface area contributed by atoms with Gasteiger partial charge in [0.15, 0.2) is 0 Å². The van der Waals surface area contributed by atoms with Gasteiger partial charge >= 0.3 is 6.03 Å². The standard InChI is InChI=1S/C12H14ClFN2O2S/c1-6(2)10(11(17)16-12(15)18)19-7-3-4-9(14)8(13)5-7/h3-6,10H,1-2H3,(H3,15,16,17,18). The maximum atomic E-state index is 13.0. The van der Waals surface area contributed by atoms with Crippen molar-refractivity contribution < 1.29 is 14.0 Å². The van der Waals surface area contributed by atoms with E-state index in [-0.39, 0.29) is 10.9 Å². The van der Waals surface area contributed by atoms with E-state index in [9.17, 15) is 14.0 Å². The van der Waals surface area contributed by atoms with Gasteiger partial charge in [-0.15, -0.1) is 11.8 Å². The van der Waals surface area contributed by atoms with Crippen molar-refractivity contribution in [3.8, 4) is 0 Å². The summed E-state index contributed by atoms with van der Waals surface area (Å²) in [5, 5.41) is 1.51. The molecule has 4 nitrogen and oxygen atoms in total. The minimum absolute atomic E-state index is 0.0113. The number of amides is 3. The molecule has 0 bridgehead atoms. The highest BCUT2D eigenvalue weighted by molar-refractivity contribution is 8.00. The molecule has 0 spiro atoms. The topological polar surface area (TPSA) is 72.2 Å². The molecular weight excluding hydrogens is 291 g/mol. The number of rotatable bonds is 4. The van der Waals surface area contributed by atoms with Crippen LogP contribution in [0.15, 0.2) is 23.1 Å². The Kier molecular flexibility index (Phi) is 5.62. The summed E-state index contributed by atoms with van der Waals surface area (Å²) < 4.78 is 13.0. The summed E-state index contributed by atoms with van der Waals surface area (Å²) in [5.41, 5.74) is 4.92. The smallest absolute Gasteiger partial charge is 0.318 e. The third-order valence-electron chi connectivity index (χ3n) is 2.26. The highest BCUT2D eigenvalue weighted by Crippen LogP contribution is 2.30. The Morgan fingerprint density at radius 2 is 2.05 bits per heavy atom. The summed E-state index contributed by atoms with van der Waals surface area (Å²) in [4.78, 5) is 23.2. The van der Waals surface area contributed by atoms with Crippen LogP contribution in [0.5, 0.6) is 0 Å². The molecule has 0 saturated heterocycles. The van der Waals surface area contributed by atoms with E-state index in [1.54, 1.807) is 0 Å². The van der Waals surface area contributed by atoms with E-state index in [0.717, 1.165) is 0 Å². The van der Waals surface area contributed by atoms with E-state index in [1.165, 1.54) is 30.0 Å². The molecule has 0 aliphatic carbocycles. The number of nitrogens with one attached hydrogen (secondary N) is 1. The van der Waals surface area contributed by atoms with Crippen LogP contribution in [0.2, 0.25) is 5.02 Å². The van der Waals surface area contributed by atoms with Crippen molar-refractivity contribution in [2.45, 2.75) is 24.0 Å². The van der Waals surface area contributed by atoms with Crippen LogP contribution >= 0.6 is 23.4 Å². The first-order chi connectivity index (χ1) is 8.81. The average molecular weight is 305 g/mol. The lowest BCUT2D eigenvalue weighted by Gasteiger charge is -2.18. The van der Waals surface area contributed by atoms with Crippen LogP contribution in [0.25, 0.3) is 0 Å². The molecule has 0 fully saturated rings. The van der Waals surface area contributed by atoms with E-state index in [2.05, 4.69) is 0 Å². The van der Waals surface area contributed by atoms with Gasteiger partial charge in [0, 0.05) is 4.90 Å². The zero-order valence-corrected chi connectivity index (χ0v) is 12.0. The molecule has 1 atom stereocenters. The summed E-state index contributed by atoms with van der Waals surface area (Å²) in [6, 6.07) is 3.30. The number of hydrogen-bond donors (Lipinski definition) is 2. The zero-order valence-electron chi connectivity index (χ0n) is 10.4. The molecule has 1 rings (SSSR count). The van der Waals surface area contributed by atoms with Crippen LogP contribution in [-0.4, -0.2) is 17.2 Å². The van der Waals surface area contributed by atoms with Crippen molar-refractivity contribution in [1.82, 2.24) is 5.32 Å². The Morgan fingerprint density at radius 1 is 1.42 bits per heavy atom. The van der Waals surface area contributed by atoms with Gasteiger partial charge in [0.2, 0.25) is 5.91 Å². The molecule has 0 aliphatic heterocycles. The second kappa shape index (κ2) is 6.77. The van der Waals surface area contributed by atoms with Gasteiger partial charge in [0.1, 0.15) is 5.82 Å². The van der Waals surface area contributed by atoms with Gasteiger partial charge in [-0.3, -0.25) is 10.1 Å². The monoisotopic (exact) mass is 304 g/mol. The molecule has 104 valence electrons.